The minimum atomic E-state index is -0.170. The molecule has 0 aliphatic rings. The molecule has 96 valence electrons. The second-order valence-electron chi connectivity index (χ2n) is 4.55. The third kappa shape index (κ3) is 2.76. The molecule has 0 radical (unpaired) electrons. The van der Waals surface area contributed by atoms with Gasteiger partial charge in [0.1, 0.15) is 5.82 Å². The van der Waals surface area contributed by atoms with Gasteiger partial charge in [0.05, 0.1) is 5.69 Å². The van der Waals surface area contributed by atoms with Crippen LogP contribution in [0.5, 0.6) is 0 Å². The molecule has 1 unspecified atom stereocenters. The normalized spacial score (nSPS) is 12.7. The minimum absolute atomic E-state index is 0.0557. The van der Waals surface area contributed by atoms with Crippen LogP contribution in [0.4, 0.5) is 4.39 Å². The summed E-state index contributed by atoms with van der Waals surface area (Å²) >= 11 is 0. The number of halogens is 1. The van der Waals surface area contributed by atoms with Crippen molar-refractivity contribution in [1.82, 2.24) is 15.1 Å². The average molecular weight is 247 g/mol. The summed E-state index contributed by atoms with van der Waals surface area (Å²) in [6.07, 6.45) is 2.58. The SMILES string of the molecule is CNC(Cc1ccn(C)n1)c1cc(C)ccc1F. The van der Waals surface area contributed by atoms with Gasteiger partial charge >= 0.3 is 0 Å². The van der Waals surface area contributed by atoms with Crippen molar-refractivity contribution in [3.05, 3.63) is 53.1 Å². The molecule has 0 spiro atoms. The zero-order valence-corrected chi connectivity index (χ0v) is 10.9. The zero-order valence-electron chi connectivity index (χ0n) is 10.9. The van der Waals surface area contributed by atoms with Crippen LogP contribution in [0.3, 0.4) is 0 Å². The van der Waals surface area contributed by atoms with Crippen molar-refractivity contribution in [1.29, 1.82) is 0 Å². The van der Waals surface area contributed by atoms with E-state index in [0.29, 0.717) is 12.0 Å². The number of likely N-dealkylation sites (N-methyl/N-ethyl adjacent to an activating group) is 1. The lowest BCUT2D eigenvalue weighted by atomic mass is 10.00. The summed E-state index contributed by atoms with van der Waals surface area (Å²) in [4.78, 5) is 0. The predicted molar refractivity (Wildman–Crippen MR) is 69.8 cm³/mol. The number of benzene rings is 1. The van der Waals surface area contributed by atoms with E-state index in [1.54, 1.807) is 10.7 Å². The van der Waals surface area contributed by atoms with Crippen molar-refractivity contribution in [3.8, 4) is 0 Å². The summed E-state index contributed by atoms with van der Waals surface area (Å²) in [6, 6.07) is 7.09. The molecule has 0 amide bonds. The zero-order chi connectivity index (χ0) is 13.1. The third-order valence-corrected chi connectivity index (χ3v) is 3.06. The van der Waals surface area contributed by atoms with E-state index >= 15 is 0 Å². The molecule has 3 nitrogen and oxygen atoms in total. The molecule has 0 bridgehead atoms. The number of hydrogen-bond acceptors (Lipinski definition) is 2. The molecular formula is C14H18FN3. The van der Waals surface area contributed by atoms with E-state index in [1.165, 1.54) is 6.07 Å². The van der Waals surface area contributed by atoms with Gasteiger partial charge in [-0.2, -0.15) is 5.10 Å². The van der Waals surface area contributed by atoms with Crippen molar-refractivity contribution in [2.75, 3.05) is 7.05 Å². The number of nitrogens with zero attached hydrogens (tertiary/aromatic N) is 2. The smallest absolute Gasteiger partial charge is 0.128 e. The van der Waals surface area contributed by atoms with E-state index in [-0.39, 0.29) is 11.9 Å². The largest absolute Gasteiger partial charge is 0.313 e. The van der Waals surface area contributed by atoms with Gasteiger partial charge in [0.2, 0.25) is 0 Å². The topological polar surface area (TPSA) is 29.9 Å². The van der Waals surface area contributed by atoms with E-state index < -0.39 is 0 Å². The third-order valence-electron chi connectivity index (χ3n) is 3.06. The molecule has 2 aromatic rings. The Bertz CT molecular complexity index is 534. The van der Waals surface area contributed by atoms with Gasteiger partial charge in [-0.3, -0.25) is 4.68 Å². The molecule has 1 atom stereocenters. The monoisotopic (exact) mass is 247 g/mol. The molecule has 0 saturated heterocycles. The van der Waals surface area contributed by atoms with Gasteiger partial charge in [-0.1, -0.05) is 17.7 Å². The fourth-order valence-corrected chi connectivity index (χ4v) is 2.08. The highest BCUT2D eigenvalue weighted by atomic mass is 19.1. The van der Waals surface area contributed by atoms with Gasteiger partial charge in [-0.25, -0.2) is 4.39 Å². The van der Waals surface area contributed by atoms with Crippen molar-refractivity contribution in [3.63, 3.8) is 0 Å². The quantitative estimate of drug-likeness (QED) is 0.899. The number of hydrogen-bond donors (Lipinski definition) is 1. The van der Waals surface area contributed by atoms with Gasteiger partial charge in [0, 0.05) is 31.3 Å². The molecule has 4 heteroatoms. The maximum Gasteiger partial charge on any atom is 0.128 e. The predicted octanol–water partition coefficient (Wildman–Crippen LogP) is 2.37. The maximum absolute atomic E-state index is 13.8. The highest BCUT2D eigenvalue weighted by molar-refractivity contribution is 5.27. The molecule has 1 heterocycles. The van der Waals surface area contributed by atoms with Crippen molar-refractivity contribution >= 4 is 0 Å². The Balaban J connectivity index is 2.25. The Morgan fingerprint density at radius 1 is 1.39 bits per heavy atom. The van der Waals surface area contributed by atoms with Crippen LogP contribution in [0.25, 0.3) is 0 Å². The number of aryl methyl sites for hydroxylation is 2. The molecule has 18 heavy (non-hydrogen) atoms. The van der Waals surface area contributed by atoms with E-state index in [2.05, 4.69) is 10.4 Å². The van der Waals surface area contributed by atoms with Gasteiger partial charge in [-0.15, -0.1) is 0 Å². The molecule has 0 saturated carbocycles. The Hall–Kier alpha value is -1.68. The lowest BCUT2D eigenvalue weighted by molar-refractivity contribution is 0.527. The lowest BCUT2D eigenvalue weighted by Crippen LogP contribution is -2.20. The molecular weight excluding hydrogens is 229 g/mol. The molecule has 0 aliphatic heterocycles. The maximum atomic E-state index is 13.8. The molecule has 2 rings (SSSR count). The standard InChI is InChI=1S/C14H18FN3/c1-10-4-5-13(15)12(8-10)14(16-2)9-11-6-7-18(3)17-11/h4-8,14,16H,9H2,1-3H3. The second-order valence-corrected chi connectivity index (χ2v) is 4.55. The molecule has 1 aromatic heterocycles. The fourth-order valence-electron chi connectivity index (χ4n) is 2.08. The Kier molecular flexibility index (Phi) is 3.77. The van der Waals surface area contributed by atoms with Gasteiger partial charge < -0.3 is 5.32 Å². The summed E-state index contributed by atoms with van der Waals surface area (Å²) in [5, 5.41) is 7.49. The minimum Gasteiger partial charge on any atom is -0.313 e. The highest BCUT2D eigenvalue weighted by Crippen LogP contribution is 2.21. The first kappa shape index (κ1) is 12.8. The van der Waals surface area contributed by atoms with Gasteiger partial charge in [0.15, 0.2) is 0 Å². The van der Waals surface area contributed by atoms with E-state index in [9.17, 15) is 4.39 Å². The van der Waals surface area contributed by atoms with E-state index in [1.807, 2.05) is 39.3 Å². The average Bonchev–Trinajstić information content (AvgIpc) is 2.75. The van der Waals surface area contributed by atoms with Crippen molar-refractivity contribution in [2.24, 2.45) is 7.05 Å². The molecule has 1 aromatic carbocycles. The Labute approximate surface area is 107 Å². The van der Waals surface area contributed by atoms with Crippen molar-refractivity contribution in [2.45, 2.75) is 19.4 Å². The Morgan fingerprint density at radius 3 is 2.78 bits per heavy atom. The molecule has 0 fully saturated rings. The summed E-state index contributed by atoms with van der Waals surface area (Å²) < 4.78 is 15.6. The van der Waals surface area contributed by atoms with E-state index in [4.69, 9.17) is 0 Å². The van der Waals surface area contributed by atoms with Crippen LogP contribution < -0.4 is 5.32 Å². The van der Waals surface area contributed by atoms with Crippen molar-refractivity contribution < 1.29 is 4.39 Å². The number of rotatable bonds is 4. The highest BCUT2D eigenvalue weighted by Gasteiger charge is 2.15. The summed E-state index contributed by atoms with van der Waals surface area (Å²) in [5.41, 5.74) is 2.72. The van der Waals surface area contributed by atoms with Crippen LogP contribution in [-0.2, 0) is 13.5 Å². The second kappa shape index (κ2) is 5.31. The van der Waals surface area contributed by atoms with Crippen LogP contribution >= 0.6 is 0 Å². The van der Waals surface area contributed by atoms with Crippen LogP contribution in [-0.4, -0.2) is 16.8 Å². The Morgan fingerprint density at radius 2 is 2.17 bits per heavy atom. The van der Waals surface area contributed by atoms with Gasteiger partial charge in [0.25, 0.3) is 0 Å². The van der Waals surface area contributed by atoms with Crippen LogP contribution in [0.2, 0.25) is 0 Å². The number of nitrogens with one attached hydrogen (secondary N) is 1. The molecule has 1 N–H and O–H groups in total. The summed E-state index contributed by atoms with van der Waals surface area (Å²) in [5.74, 6) is -0.170. The number of aromatic nitrogens is 2. The summed E-state index contributed by atoms with van der Waals surface area (Å²) in [7, 11) is 3.72. The van der Waals surface area contributed by atoms with Crippen LogP contribution in [0.1, 0.15) is 22.9 Å². The van der Waals surface area contributed by atoms with Crippen LogP contribution in [0.15, 0.2) is 30.5 Å². The first-order valence-corrected chi connectivity index (χ1v) is 6.02. The lowest BCUT2D eigenvalue weighted by Gasteiger charge is -2.16. The van der Waals surface area contributed by atoms with E-state index in [0.717, 1.165) is 11.3 Å². The van der Waals surface area contributed by atoms with Crippen LogP contribution in [0, 0.1) is 12.7 Å². The van der Waals surface area contributed by atoms with Gasteiger partial charge in [-0.05, 0) is 26.1 Å². The first-order chi connectivity index (χ1) is 8.60. The summed E-state index contributed by atoms with van der Waals surface area (Å²) in [6.45, 7) is 1.97. The molecule has 0 aliphatic carbocycles. The fraction of sp³-hybridized carbons (Fsp3) is 0.357. The first-order valence-electron chi connectivity index (χ1n) is 6.02.